The number of nitrogens with zero attached hydrogens (tertiary/aromatic N) is 6. The Bertz CT molecular complexity index is 2790. The van der Waals surface area contributed by atoms with Gasteiger partial charge >= 0.3 is 0 Å². The molecule has 4 unspecified atom stereocenters. The summed E-state index contributed by atoms with van der Waals surface area (Å²) >= 11 is 0. The van der Waals surface area contributed by atoms with Crippen LogP contribution in [0.15, 0.2) is 97.3 Å². The van der Waals surface area contributed by atoms with Crippen LogP contribution in [-0.2, 0) is 35.3 Å². The third-order valence-corrected chi connectivity index (χ3v) is 14.8. The summed E-state index contributed by atoms with van der Waals surface area (Å²) in [6, 6.07) is 30.2. The molecule has 2 aromatic heterocycles. The van der Waals surface area contributed by atoms with Gasteiger partial charge in [-0.25, -0.2) is 25.9 Å². The second-order valence-electron chi connectivity index (χ2n) is 18.0. The first-order valence-corrected chi connectivity index (χ1v) is 25.1. The van der Waals surface area contributed by atoms with E-state index in [0.29, 0.717) is 47.5 Å². The Balaban J connectivity index is 1.24. The Labute approximate surface area is 419 Å². The summed E-state index contributed by atoms with van der Waals surface area (Å²) in [5.74, 6) is 7.71. The molecule has 1 amide bonds. The van der Waals surface area contributed by atoms with E-state index in [0.717, 1.165) is 22.3 Å². The first-order chi connectivity index (χ1) is 34.3. The first-order valence-electron chi connectivity index (χ1n) is 23.9. The van der Waals surface area contributed by atoms with Gasteiger partial charge < -0.3 is 43.9 Å². The van der Waals surface area contributed by atoms with Crippen molar-refractivity contribution >= 4 is 31.3 Å². The molecule has 71 heavy (non-hydrogen) atoms. The van der Waals surface area contributed by atoms with Crippen LogP contribution in [0.3, 0.4) is 0 Å². The van der Waals surface area contributed by atoms with Gasteiger partial charge in [0.15, 0.2) is 11.9 Å². The number of anilines is 1. The predicted octanol–water partition coefficient (Wildman–Crippen LogP) is 9.41. The number of aryl methyl sites for hydroxylation is 4. The summed E-state index contributed by atoms with van der Waals surface area (Å²) in [6.45, 7) is 22.7. The van der Waals surface area contributed by atoms with E-state index < -0.39 is 32.6 Å². The number of hydrogen-bond acceptors (Lipinski definition) is 12. The van der Waals surface area contributed by atoms with Crippen molar-refractivity contribution in [2.75, 3.05) is 46.3 Å². The molecule has 4 aromatic carbocycles. The fraction of sp³-hybridized carbons (Fsp3) is 0.400. The van der Waals surface area contributed by atoms with Crippen molar-refractivity contribution in [1.82, 2.24) is 29.7 Å². The highest BCUT2D eigenvalue weighted by molar-refractivity contribution is 7.44. The molecule has 372 valence electrons. The van der Waals surface area contributed by atoms with Crippen LogP contribution in [0.5, 0.6) is 11.5 Å². The Morgan fingerprint density at radius 3 is 2.18 bits per heavy atom. The molecule has 1 fully saturated rings. The number of carbonyl (C=O) groups excluding carboxylic acids is 1. The maximum atomic E-state index is 13.0. The molecule has 15 nitrogen and oxygen atoms in total. The number of nitrogens with one attached hydrogen (secondary N) is 1. The summed E-state index contributed by atoms with van der Waals surface area (Å²) < 4.78 is 43.1. The van der Waals surface area contributed by atoms with Gasteiger partial charge in [-0.3, -0.25) is 4.79 Å². The molecule has 4 atom stereocenters. The minimum absolute atomic E-state index is 0.0501. The van der Waals surface area contributed by atoms with Crippen LogP contribution in [0.25, 0.3) is 15.9 Å². The predicted molar refractivity (Wildman–Crippen MR) is 277 cm³/mol. The van der Waals surface area contributed by atoms with Crippen molar-refractivity contribution < 1.29 is 32.8 Å². The van der Waals surface area contributed by atoms with Gasteiger partial charge in [-0.15, -0.1) is 0 Å². The number of methoxy groups -OCH3 is 2. The molecule has 3 N–H and O–H groups in total. The highest BCUT2D eigenvalue weighted by Gasteiger charge is 2.45. The number of nitrogen functional groups attached to an aromatic ring is 1. The average Bonchev–Trinajstić information content (AvgIpc) is 3.95. The molecule has 6 aromatic rings. The first kappa shape index (κ1) is 52.4. The van der Waals surface area contributed by atoms with Gasteiger partial charge in [0.2, 0.25) is 12.5 Å². The van der Waals surface area contributed by atoms with Gasteiger partial charge in [0.05, 0.1) is 38.9 Å². The van der Waals surface area contributed by atoms with Gasteiger partial charge in [-0.2, -0.15) is 5.10 Å². The second-order valence-corrected chi connectivity index (χ2v) is 19.4. The summed E-state index contributed by atoms with van der Waals surface area (Å²) in [5, 5.41) is 8.37. The monoisotopic (exact) mass is 980 g/mol. The molecular weight excluding hydrogens is 916 g/mol. The molecule has 1 aliphatic heterocycles. The zero-order chi connectivity index (χ0) is 50.7. The van der Waals surface area contributed by atoms with Crippen molar-refractivity contribution in [2.45, 2.75) is 104 Å². The number of rotatable bonds is 21. The normalized spacial score (nSPS) is 16.2. The van der Waals surface area contributed by atoms with E-state index in [1.807, 2.05) is 66.7 Å². The molecule has 0 spiro atoms. The van der Waals surface area contributed by atoms with Crippen LogP contribution >= 0.6 is 8.53 Å². The summed E-state index contributed by atoms with van der Waals surface area (Å²) in [5.41, 5.74) is 13.5. The van der Waals surface area contributed by atoms with Gasteiger partial charge in [0, 0.05) is 24.9 Å². The van der Waals surface area contributed by atoms with E-state index in [-0.39, 0.29) is 50.1 Å². The lowest BCUT2D eigenvalue weighted by atomic mass is 9.80. The van der Waals surface area contributed by atoms with Crippen molar-refractivity contribution in [1.29, 1.82) is 0 Å². The molecule has 16 heteroatoms. The fourth-order valence-corrected chi connectivity index (χ4v) is 10.7. The van der Waals surface area contributed by atoms with Crippen molar-refractivity contribution in [2.24, 2.45) is 0 Å². The molecule has 1 aliphatic rings. The van der Waals surface area contributed by atoms with Crippen LogP contribution in [0.1, 0.15) is 91.4 Å². The third kappa shape index (κ3) is 12.2. The highest BCUT2D eigenvalue weighted by Crippen LogP contribution is 2.51. The van der Waals surface area contributed by atoms with E-state index in [1.165, 1.54) is 23.0 Å². The van der Waals surface area contributed by atoms with Crippen molar-refractivity contribution in [3.63, 3.8) is 0 Å². The van der Waals surface area contributed by atoms with Crippen LogP contribution in [-0.4, -0.2) is 95.1 Å². The van der Waals surface area contributed by atoms with E-state index >= 15 is 0 Å². The SMILES string of the molecule is [C-]#[N+]CCOP(OC1CC(n2nc(C#CCNC(=O)CCc3cc(C)c(C)cc3C)c3c(N)ncnc32)OC1COC(c1ccccc1)(c1ccc(OC)cc1)c1ccc(OC)cc1)N(C(C)C)C(C)C. The van der Waals surface area contributed by atoms with E-state index in [9.17, 15) is 4.79 Å². The number of amides is 1. The number of nitrogens with two attached hydrogens (primary N) is 1. The number of ether oxygens (including phenoxy) is 4. The Morgan fingerprint density at radius 1 is 0.930 bits per heavy atom. The Kier molecular flexibility index (Phi) is 17.8. The average molecular weight is 981 g/mol. The lowest BCUT2D eigenvalue weighted by Gasteiger charge is -2.39. The van der Waals surface area contributed by atoms with Crippen LogP contribution < -0.4 is 20.5 Å². The minimum atomic E-state index is -1.70. The van der Waals surface area contributed by atoms with Gasteiger partial charge in [-0.05, 0) is 124 Å². The van der Waals surface area contributed by atoms with Crippen LogP contribution in [0.2, 0.25) is 0 Å². The highest BCUT2D eigenvalue weighted by atomic mass is 31.2. The smallest absolute Gasteiger partial charge is 0.259 e. The molecule has 3 heterocycles. The molecule has 1 saturated heterocycles. The Hall–Kier alpha value is -6.42. The minimum Gasteiger partial charge on any atom is -0.497 e. The molecule has 0 bridgehead atoms. The maximum absolute atomic E-state index is 13.0. The molecule has 0 aliphatic carbocycles. The second kappa shape index (κ2) is 24.1. The van der Waals surface area contributed by atoms with Gasteiger partial charge in [-0.1, -0.05) is 72.7 Å². The zero-order valence-corrected chi connectivity index (χ0v) is 43.0. The van der Waals surface area contributed by atoms with E-state index in [2.05, 4.69) is 109 Å². The number of benzene rings is 4. The third-order valence-electron chi connectivity index (χ3n) is 12.6. The number of carbonyl (C=O) groups is 1. The Morgan fingerprint density at radius 2 is 1.56 bits per heavy atom. The lowest BCUT2D eigenvalue weighted by Crippen LogP contribution is -2.39. The standard InChI is InChI=1S/C55H65N8O7P/c1-36(2)63(37(3)4)71(68-30-29-57-8)70-48-33-51(62-54-52(53(56)59-35-60-54)47(61-62)17-14-28-58-50(64)27-18-41-32-39(6)38(5)31-40(41)7)69-49(48)34-67-55(42-15-12-11-13-16-42,43-19-23-45(65-9)24-20-43)44-21-25-46(66-10)26-22-44/h11-13,15-16,19-26,31-32,35-37,48-49,51H,18,27-30,33-34H2,1-7,9-10H3,(H,58,64)(H2,56,59,60). The maximum Gasteiger partial charge on any atom is 0.259 e. The van der Waals surface area contributed by atoms with Crippen molar-refractivity contribution in [3.8, 4) is 23.3 Å². The van der Waals surface area contributed by atoms with Crippen molar-refractivity contribution in [3.05, 3.63) is 153 Å². The number of aromatic nitrogens is 4. The van der Waals surface area contributed by atoms with Gasteiger partial charge in [0.25, 0.3) is 8.53 Å². The van der Waals surface area contributed by atoms with Gasteiger partial charge in [0.1, 0.15) is 47.7 Å². The van der Waals surface area contributed by atoms with Crippen LogP contribution in [0.4, 0.5) is 5.82 Å². The zero-order valence-electron chi connectivity index (χ0n) is 42.1. The fourth-order valence-electron chi connectivity index (χ4n) is 8.98. The summed E-state index contributed by atoms with van der Waals surface area (Å²) in [6.07, 6.45) is 0.652. The molecular formula is C55H65N8O7P. The summed E-state index contributed by atoms with van der Waals surface area (Å²) in [4.78, 5) is 25.5. The quantitative estimate of drug-likeness (QED) is 0.0232. The molecule has 0 radical (unpaired) electrons. The molecule has 7 rings (SSSR count). The topological polar surface area (TPSA) is 162 Å². The molecule has 0 saturated carbocycles. The van der Waals surface area contributed by atoms with E-state index in [1.54, 1.807) is 18.9 Å². The van der Waals surface area contributed by atoms with E-state index in [4.69, 9.17) is 45.4 Å². The summed E-state index contributed by atoms with van der Waals surface area (Å²) in [7, 11) is 1.58. The number of hydrogen-bond donors (Lipinski definition) is 2. The lowest BCUT2D eigenvalue weighted by molar-refractivity contribution is -0.120. The number of fused-ring (bicyclic) bond motifs is 1. The van der Waals surface area contributed by atoms with Crippen LogP contribution in [0, 0.1) is 39.2 Å². The largest absolute Gasteiger partial charge is 0.497 e.